The zero-order valence-corrected chi connectivity index (χ0v) is 15.1. The number of carbonyl (C=O) groups is 2. The molecule has 3 rings (SSSR count). The standard InChI is InChI=1S/C18H14N4O5S/c23-16(11-27-15-7-5-14(6-8-15)22(25)26)20-13-3-1-12(2-4-13)17(24)21-18-19-9-10-28-18/h1-10H,11H2,(H,20,23)(H,19,21,24). The van der Waals surface area contributed by atoms with Crippen molar-refractivity contribution in [3.05, 3.63) is 75.8 Å². The van der Waals surface area contributed by atoms with E-state index in [9.17, 15) is 19.7 Å². The summed E-state index contributed by atoms with van der Waals surface area (Å²) in [6, 6.07) is 11.8. The molecule has 0 saturated carbocycles. The second-order valence-electron chi connectivity index (χ2n) is 5.46. The van der Waals surface area contributed by atoms with Crippen molar-refractivity contribution in [3.8, 4) is 5.75 Å². The molecule has 2 aromatic carbocycles. The van der Waals surface area contributed by atoms with Crippen LogP contribution in [0.25, 0.3) is 0 Å². The van der Waals surface area contributed by atoms with E-state index in [4.69, 9.17) is 4.74 Å². The van der Waals surface area contributed by atoms with E-state index in [1.807, 2.05) is 0 Å². The molecule has 1 aromatic heterocycles. The van der Waals surface area contributed by atoms with Gasteiger partial charge >= 0.3 is 0 Å². The van der Waals surface area contributed by atoms with Crippen LogP contribution in [0, 0.1) is 10.1 Å². The normalized spacial score (nSPS) is 10.1. The first-order chi connectivity index (χ1) is 13.5. The van der Waals surface area contributed by atoms with Gasteiger partial charge in [-0.25, -0.2) is 4.98 Å². The number of amides is 2. The first-order valence-electron chi connectivity index (χ1n) is 7.99. The number of ether oxygens (including phenoxy) is 1. The maximum absolute atomic E-state index is 12.1. The predicted molar refractivity (Wildman–Crippen MR) is 104 cm³/mol. The third kappa shape index (κ3) is 5.11. The summed E-state index contributed by atoms with van der Waals surface area (Å²) in [5.74, 6) is -0.359. The van der Waals surface area contributed by atoms with Gasteiger partial charge in [0, 0.05) is 35.0 Å². The van der Waals surface area contributed by atoms with Gasteiger partial charge in [0.25, 0.3) is 17.5 Å². The van der Waals surface area contributed by atoms with Crippen LogP contribution in [0.2, 0.25) is 0 Å². The van der Waals surface area contributed by atoms with Gasteiger partial charge in [-0.05, 0) is 36.4 Å². The van der Waals surface area contributed by atoms with E-state index < -0.39 is 10.8 Å². The summed E-state index contributed by atoms with van der Waals surface area (Å²) in [5, 5.41) is 18.2. The van der Waals surface area contributed by atoms with Crippen molar-refractivity contribution >= 4 is 39.7 Å². The van der Waals surface area contributed by atoms with E-state index in [0.717, 1.165) is 0 Å². The van der Waals surface area contributed by atoms with Crippen LogP contribution in [-0.2, 0) is 4.79 Å². The first-order valence-corrected chi connectivity index (χ1v) is 8.87. The van der Waals surface area contributed by atoms with Crippen LogP contribution >= 0.6 is 11.3 Å². The Labute approximate surface area is 163 Å². The van der Waals surface area contributed by atoms with Crippen LogP contribution in [-0.4, -0.2) is 28.3 Å². The molecule has 0 atom stereocenters. The molecule has 9 nitrogen and oxygen atoms in total. The number of anilines is 2. The first kappa shape index (κ1) is 19.0. The van der Waals surface area contributed by atoms with Crippen LogP contribution in [0.5, 0.6) is 5.75 Å². The van der Waals surface area contributed by atoms with Gasteiger partial charge in [-0.1, -0.05) is 0 Å². The van der Waals surface area contributed by atoms with Crippen LogP contribution < -0.4 is 15.4 Å². The highest BCUT2D eigenvalue weighted by Gasteiger charge is 2.09. The average Bonchev–Trinajstić information content (AvgIpc) is 3.20. The van der Waals surface area contributed by atoms with Crippen LogP contribution in [0.3, 0.4) is 0 Å². The number of nitrogens with zero attached hydrogens (tertiary/aromatic N) is 2. The SMILES string of the molecule is O=C(COc1ccc([N+](=O)[O-])cc1)Nc1ccc(C(=O)Nc2nccs2)cc1. The predicted octanol–water partition coefficient (Wildman–Crippen LogP) is 3.32. The monoisotopic (exact) mass is 398 g/mol. The molecule has 2 N–H and O–H groups in total. The minimum Gasteiger partial charge on any atom is -0.484 e. The molecule has 0 saturated heterocycles. The van der Waals surface area contributed by atoms with E-state index in [-0.39, 0.29) is 18.2 Å². The number of rotatable bonds is 7. The minimum absolute atomic E-state index is 0.0595. The lowest BCUT2D eigenvalue weighted by molar-refractivity contribution is -0.384. The lowest BCUT2D eigenvalue weighted by Gasteiger charge is -2.08. The number of non-ortho nitro benzene ring substituents is 1. The number of hydrogen-bond donors (Lipinski definition) is 2. The van der Waals surface area contributed by atoms with Crippen molar-refractivity contribution in [2.75, 3.05) is 17.2 Å². The quantitative estimate of drug-likeness (QED) is 0.465. The smallest absolute Gasteiger partial charge is 0.269 e. The Balaban J connectivity index is 1.50. The highest BCUT2D eigenvalue weighted by atomic mass is 32.1. The van der Waals surface area contributed by atoms with Gasteiger partial charge in [-0.2, -0.15) is 0 Å². The Hall–Kier alpha value is -3.79. The Morgan fingerprint density at radius 3 is 2.39 bits per heavy atom. The van der Waals surface area contributed by atoms with Crippen LogP contribution in [0.4, 0.5) is 16.5 Å². The third-order valence-electron chi connectivity index (χ3n) is 3.50. The molecule has 0 aliphatic rings. The Morgan fingerprint density at radius 1 is 1.07 bits per heavy atom. The molecule has 0 bridgehead atoms. The van der Waals surface area contributed by atoms with E-state index in [1.54, 1.807) is 35.8 Å². The molecule has 0 fully saturated rings. The fraction of sp³-hybridized carbons (Fsp3) is 0.0556. The van der Waals surface area contributed by atoms with Crippen molar-refractivity contribution in [1.29, 1.82) is 0 Å². The fourth-order valence-corrected chi connectivity index (χ4v) is 2.69. The molecule has 2 amide bonds. The van der Waals surface area contributed by atoms with Crippen LogP contribution in [0.15, 0.2) is 60.1 Å². The highest BCUT2D eigenvalue weighted by Crippen LogP contribution is 2.18. The van der Waals surface area contributed by atoms with Gasteiger partial charge in [0.15, 0.2) is 11.7 Å². The van der Waals surface area contributed by atoms with Crippen molar-refractivity contribution in [3.63, 3.8) is 0 Å². The molecule has 0 aliphatic heterocycles. The van der Waals surface area contributed by atoms with E-state index in [0.29, 0.717) is 22.1 Å². The van der Waals surface area contributed by atoms with Gasteiger partial charge in [0.2, 0.25) is 0 Å². The molecule has 28 heavy (non-hydrogen) atoms. The number of aromatic nitrogens is 1. The molecule has 3 aromatic rings. The summed E-state index contributed by atoms with van der Waals surface area (Å²) >= 11 is 1.32. The van der Waals surface area contributed by atoms with Crippen molar-refractivity contribution in [2.45, 2.75) is 0 Å². The summed E-state index contributed by atoms with van der Waals surface area (Å²) in [4.78, 5) is 38.1. The van der Waals surface area contributed by atoms with Crippen LogP contribution in [0.1, 0.15) is 10.4 Å². The van der Waals surface area contributed by atoms with E-state index >= 15 is 0 Å². The molecule has 0 spiro atoms. The second kappa shape index (κ2) is 8.73. The number of hydrogen-bond acceptors (Lipinski definition) is 7. The van der Waals surface area contributed by atoms with Gasteiger partial charge in [-0.3, -0.25) is 25.0 Å². The molecule has 0 unspecified atom stereocenters. The lowest BCUT2D eigenvalue weighted by atomic mass is 10.2. The molecule has 142 valence electrons. The Kier molecular flexibility index (Phi) is 5.92. The zero-order chi connectivity index (χ0) is 19.9. The molecule has 10 heteroatoms. The maximum atomic E-state index is 12.1. The average molecular weight is 398 g/mol. The minimum atomic E-state index is -0.517. The third-order valence-corrected chi connectivity index (χ3v) is 4.19. The highest BCUT2D eigenvalue weighted by molar-refractivity contribution is 7.13. The van der Waals surface area contributed by atoms with Gasteiger partial charge in [-0.15, -0.1) is 11.3 Å². The largest absolute Gasteiger partial charge is 0.484 e. The van der Waals surface area contributed by atoms with Crippen molar-refractivity contribution < 1.29 is 19.2 Å². The van der Waals surface area contributed by atoms with Gasteiger partial charge in [0.05, 0.1) is 4.92 Å². The van der Waals surface area contributed by atoms with Crippen molar-refractivity contribution in [1.82, 2.24) is 4.98 Å². The van der Waals surface area contributed by atoms with E-state index in [2.05, 4.69) is 15.6 Å². The fourth-order valence-electron chi connectivity index (χ4n) is 2.17. The number of nitro benzene ring substituents is 1. The van der Waals surface area contributed by atoms with Crippen molar-refractivity contribution in [2.24, 2.45) is 0 Å². The molecular weight excluding hydrogens is 384 g/mol. The number of nitrogens with one attached hydrogen (secondary N) is 2. The summed E-state index contributed by atoms with van der Waals surface area (Å²) in [7, 11) is 0. The Morgan fingerprint density at radius 2 is 1.79 bits per heavy atom. The van der Waals surface area contributed by atoms with Gasteiger partial charge < -0.3 is 10.1 Å². The zero-order valence-electron chi connectivity index (χ0n) is 14.3. The topological polar surface area (TPSA) is 123 Å². The second-order valence-corrected chi connectivity index (χ2v) is 6.35. The Bertz CT molecular complexity index is 972. The molecule has 0 aliphatic carbocycles. The van der Waals surface area contributed by atoms with E-state index in [1.165, 1.54) is 35.6 Å². The summed E-state index contributed by atoms with van der Waals surface area (Å²) in [6.45, 7) is -0.260. The summed E-state index contributed by atoms with van der Waals surface area (Å²) < 4.78 is 5.29. The summed E-state index contributed by atoms with van der Waals surface area (Å²) in [5.41, 5.74) is 0.870. The number of carbonyl (C=O) groups excluding carboxylic acids is 2. The molecule has 0 radical (unpaired) electrons. The number of nitro groups is 1. The number of benzene rings is 2. The molecule has 1 heterocycles. The molecular formula is C18H14N4O5S. The number of thiazole rings is 1. The maximum Gasteiger partial charge on any atom is 0.269 e. The van der Waals surface area contributed by atoms with Gasteiger partial charge in [0.1, 0.15) is 5.75 Å². The summed E-state index contributed by atoms with van der Waals surface area (Å²) in [6.07, 6.45) is 1.59. The lowest BCUT2D eigenvalue weighted by Crippen LogP contribution is -2.20.